The number of nitrogens with zero attached hydrogens (tertiary/aromatic N) is 1. The predicted octanol–water partition coefficient (Wildman–Crippen LogP) is 4.14. The van der Waals surface area contributed by atoms with E-state index < -0.39 is 0 Å². The van der Waals surface area contributed by atoms with E-state index in [4.69, 9.17) is 11.6 Å². The van der Waals surface area contributed by atoms with Crippen LogP contribution in [0.1, 0.15) is 16.7 Å². The van der Waals surface area contributed by atoms with Crippen LogP contribution in [0.4, 0.5) is 11.4 Å². The Labute approximate surface area is 127 Å². The molecule has 21 heavy (non-hydrogen) atoms. The molecule has 0 fully saturated rings. The Kier molecular flexibility index (Phi) is 3.55. The summed E-state index contributed by atoms with van der Waals surface area (Å²) in [5, 5.41) is 15.1. The fourth-order valence-corrected chi connectivity index (χ4v) is 3.02. The van der Waals surface area contributed by atoms with Crippen molar-refractivity contribution in [1.82, 2.24) is 0 Å². The van der Waals surface area contributed by atoms with E-state index in [1.54, 1.807) is 19.1 Å². The molecule has 2 aromatic rings. The van der Waals surface area contributed by atoms with Crippen molar-refractivity contribution >= 4 is 23.0 Å². The molecule has 108 valence electrons. The summed E-state index contributed by atoms with van der Waals surface area (Å²) in [5.74, 6) is 0. The van der Waals surface area contributed by atoms with Gasteiger partial charge in [0.25, 0.3) is 5.69 Å². The van der Waals surface area contributed by atoms with Gasteiger partial charge in [0.05, 0.1) is 4.92 Å². The van der Waals surface area contributed by atoms with Crippen LogP contribution in [0.25, 0.3) is 0 Å². The second-order valence-electron chi connectivity index (χ2n) is 5.42. The summed E-state index contributed by atoms with van der Waals surface area (Å²) in [4.78, 5) is 10.6. The zero-order chi connectivity index (χ0) is 15.0. The van der Waals surface area contributed by atoms with E-state index in [1.165, 1.54) is 11.1 Å². The third kappa shape index (κ3) is 2.85. The van der Waals surface area contributed by atoms with Crippen LogP contribution in [0.3, 0.4) is 0 Å². The third-order valence-electron chi connectivity index (χ3n) is 3.88. The lowest BCUT2D eigenvalue weighted by Gasteiger charge is -2.13. The quantitative estimate of drug-likeness (QED) is 0.685. The minimum Gasteiger partial charge on any atom is -0.381 e. The lowest BCUT2D eigenvalue weighted by atomic mass is 10.1. The number of hydrogen-bond acceptors (Lipinski definition) is 3. The first-order valence-corrected chi connectivity index (χ1v) is 7.19. The molecule has 2 aromatic carbocycles. The van der Waals surface area contributed by atoms with Gasteiger partial charge < -0.3 is 5.32 Å². The van der Waals surface area contributed by atoms with Crippen LogP contribution >= 0.6 is 11.6 Å². The number of anilines is 1. The molecule has 3 rings (SSSR count). The lowest BCUT2D eigenvalue weighted by molar-refractivity contribution is -0.385. The van der Waals surface area contributed by atoms with Gasteiger partial charge in [-0.1, -0.05) is 23.7 Å². The normalized spacial score (nSPS) is 16.6. The number of aryl methyl sites for hydroxylation is 1. The number of fused-ring (bicyclic) bond motifs is 1. The molecule has 0 saturated carbocycles. The molecule has 1 atom stereocenters. The minimum atomic E-state index is -0.344. The maximum Gasteiger partial charge on any atom is 0.274 e. The fourth-order valence-electron chi connectivity index (χ4n) is 2.82. The Bertz CT molecular complexity index is 715. The van der Waals surface area contributed by atoms with E-state index in [0.29, 0.717) is 5.56 Å². The largest absolute Gasteiger partial charge is 0.381 e. The lowest BCUT2D eigenvalue weighted by Crippen LogP contribution is -2.19. The Morgan fingerprint density at radius 1 is 1.19 bits per heavy atom. The smallest absolute Gasteiger partial charge is 0.274 e. The van der Waals surface area contributed by atoms with Crippen LogP contribution in [0, 0.1) is 17.0 Å². The van der Waals surface area contributed by atoms with Crippen molar-refractivity contribution in [2.24, 2.45) is 0 Å². The van der Waals surface area contributed by atoms with Crippen LogP contribution in [0.5, 0.6) is 0 Å². The first-order chi connectivity index (χ1) is 10.0. The first-order valence-electron chi connectivity index (χ1n) is 6.82. The summed E-state index contributed by atoms with van der Waals surface area (Å²) in [5.41, 5.74) is 4.15. The summed E-state index contributed by atoms with van der Waals surface area (Å²) in [6.45, 7) is 1.75. The third-order valence-corrected chi connectivity index (χ3v) is 4.11. The summed E-state index contributed by atoms with van der Waals surface area (Å²) < 4.78 is 0. The van der Waals surface area contributed by atoms with Crippen LogP contribution in [-0.4, -0.2) is 11.0 Å². The average molecular weight is 303 g/mol. The summed E-state index contributed by atoms with van der Waals surface area (Å²) in [7, 11) is 0. The molecular weight excluding hydrogens is 288 g/mol. The summed E-state index contributed by atoms with van der Waals surface area (Å²) in [6, 6.07) is 11.5. The minimum absolute atomic E-state index is 0.151. The maximum absolute atomic E-state index is 11.0. The van der Waals surface area contributed by atoms with E-state index in [-0.39, 0.29) is 16.7 Å². The molecule has 0 amide bonds. The van der Waals surface area contributed by atoms with Crippen molar-refractivity contribution in [3.05, 3.63) is 68.2 Å². The van der Waals surface area contributed by atoms with Crippen molar-refractivity contribution in [1.29, 1.82) is 0 Å². The Morgan fingerprint density at radius 3 is 2.71 bits per heavy atom. The molecule has 0 heterocycles. The van der Waals surface area contributed by atoms with Crippen molar-refractivity contribution in [2.45, 2.75) is 25.8 Å². The Hall–Kier alpha value is -2.07. The molecule has 1 aliphatic carbocycles. The SMILES string of the molecule is Cc1ccc(NC2Cc3ccc(Cl)cc3C2)cc1[N+](=O)[O-]. The van der Waals surface area contributed by atoms with Crippen molar-refractivity contribution < 1.29 is 4.92 Å². The molecule has 1 aliphatic rings. The van der Waals surface area contributed by atoms with Gasteiger partial charge in [0.1, 0.15) is 0 Å². The van der Waals surface area contributed by atoms with Gasteiger partial charge in [-0.15, -0.1) is 0 Å². The van der Waals surface area contributed by atoms with Gasteiger partial charge in [-0.25, -0.2) is 0 Å². The molecule has 0 spiro atoms. The molecule has 1 unspecified atom stereocenters. The predicted molar refractivity (Wildman–Crippen MR) is 84.1 cm³/mol. The van der Waals surface area contributed by atoms with Crippen LogP contribution < -0.4 is 5.32 Å². The van der Waals surface area contributed by atoms with E-state index in [2.05, 4.69) is 11.4 Å². The molecule has 1 N–H and O–H groups in total. The monoisotopic (exact) mass is 302 g/mol. The number of nitro benzene ring substituents is 1. The van der Waals surface area contributed by atoms with Gasteiger partial charge in [-0.2, -0.15) is 0 Å². The number of hydrogen-bond donors (Lipinski definition) is 1. The number of nitro groups is 1. The highest BCUT2D eigenvalue weighted by molar-refractivity contribution is 6.30. The molecule has 4 nitrogen and oxygen atoms in total. The van der Waals surface area contributed by atoms with Crippen molar-refractivity contribution in [3.8, 4) is 0 Å². The second-order valence-corrected chi connectivity index (χ2v) is 5.86. The van der Waals surface area contributed by atoms with Crippen LogP contribution in [0.15, 0.2) is 36.4 Å². The van der Waals surface area contributed by atoms with Gasteiger partial charge in [-0.3, -0.25) is 10.1 Å². The average Bonchev–Trinajstić information content (AvgIpc) is 2.82. The van der Waals surface area contributed by atoms with E-state index in [0.717, 1.165) is 23.6 Å². The van der Waals surface area contributed by atoms with Gasteiger partial charge in [0.2, 0.25) is 0 Å². The molecule has 0 radical (unpaired) electrons. The highest BCUT2D eigenvalue weighted by atomic mass is 35.5. The molecule has 0 aromatic heterocycles. The zero-order valence-corrected chi connectivity index (χ0v) is 12.4. The second kappa shape index (κ2) is 5.37. The van der Waals surface area contributed by atoms with Crippen molar-refractivity contribution in [2.75, 3.05) is 5.32 Å². The number of benzene rings is 2. The molecule has 5 heteroatoms. The van der Waals surface area contributed by atoms with E-state index >= 15 is 0 Å². The fraction of sp³-hybridized carbons (Fsp3) is 0.250. The molecule has 0 aliphatic heterocycles. The molecule has 0 bridgehead atoms. The summed E-state index contributed by atoms with van der Waals surface area (Å²) in [6.07, 6.45) is 1.80. The number of rotatable bonds is 3. The molecular formula is C16H15ClN2O2. The van der Waals surface area contributed by atoms with Crippen LogP contribution in [-0.2, 0) is 12.8 Å². The zero-order valence-electron chi connectivity index (χ0n) is 11.6. The standard InChI is InChI=1S/C16H15ClN2O2/c1-10-2-5-14(9-16(10)19(20)21)18-15-7-11-3-4-13(17)6-12(11)8-15/h2-6,9,15,18H,7-8H2,1H3. The van der Waals surface area contributed by atoms with Gasteiger partial charge in [-0.05, 0) is 49.1 Å². The van der Waals surface area contributed by atoms with Gasteiger partial charge in [0.15, 0.2) is 0 Å². The Balaban J connectivity index is 1.77. The molecule has 0 saturated heterocycles. The highest BCUT2D eigenvalue weighted by Crippen LogP contribution is 2.29. The Morgan fingerprint density at radius 2 is 1.95 bits per heavy atom. The van der Waals surface area contributed by atoms with Gasteiger partial charge in [0, 0.05) is 28.4 Å². The van der Waals surface area contributed by atoms with Crippen LogP contribution in [0.2, 0.25) is 5.02 Å². The summed E-state index contributed by atoms with van der Waals surface area (Å²) >= 11 is 6.01. The van der Waals surface area contributed by atoms with Crippen molar-refractivity contribution in [3.63, 3.8) is 0 Å². The van der Waals surface area contributed by atoms with E-state index in [1.807, 2.05) is 18.2 Å². The van der Waals surface area contributed by atoms with Gasteiger partial charge >= 0.3 is 0 Å². The highest BCUT2D eigenvalue weighted by Gasteiger charge is 2.22. The first kappa shape index (κ1) is 13.9. The number of halogens is 1. The van der Waals surface area contributed by atoms with E-state index in [9.17, 15) is 10.1 Å². The number of nitrogens with one attached hydrogen (secondary N) is 1. The maximum atomic E-state index is 11.0. The topological polar surface area (TPSA) is 55.2 Å².